The molecule has 4 unspecified atom stereocenters. The number of piperidine rings is 2. The Labute approximate surface area is 145 Å². The van der Waals surface area contributed by atoms with Gasteiger partial charge in [-0.05, 0) is 44.4 Å². The van der Waals surface area contributed by atoms with E-state index >= 15 is 0 Å². The van der Waals surface area contributed by atoms with Crippen molar-refractivity contribution >= 4 is 15.9 Å². The van der Waals surface area contributed by atoms with Crippen LogP contribution in [0.1, 0.15) is 32.6 Å². The number of amides is 1. The Bertz CT molecular complexity index is 574. The number of carbonyl (C=O) groups is 1. The smallest absolute Gasteiger partial charge is 0.226 e. The molecule has 8 heteroatoms. The molecule has 0 spiro atoms. The molecule has 4 atom stereocenters. The molecular formula is C16H30N4O3S. The maximum atomic E-state index is 12.3. The van der Waals surface area contributed by atoms with E-state index in [1.54, 1.807) is 11.4 Å². The van der Waals surface area contributed by atoms with Crippen LogP contribution in [-0.4, -0.2) is 68.7 Å². The zero-order valence-electron chi connectivity index (χ0n) is 14.9. The first-order valence-corrected chi connectivity index (χ1v) is 10.9. The molecule has 3 aliphatic rings. The van der Waals surface area contributed by atoms with Gasteiger partial charge in [-0.2, -0.15) is 0 Å². The lowest BCUT2D eigenvalue weighted by atomic mass is 9.74. The third kappa shape index (κ3) is 3.47. The number of hydrogen-bond donors (Lipinski definition) is 2. The van der Waals surface area contributed by atoms with E-state index in [-0.39, 0.29) is 23.9 Å². The van der Waals surface area contributed by atoms with Crippen molar-refractivity contribution in [2.45, 2.75) is 44.7 Å². The fourth-order valence-corrected chi connectivity index (χ4v) is 5.75. The van der Waals surface area contributed by atoms with Crippen LogP contribution in [0.15, 0.2) is 0 Å². The quantitative estimate of drug-likeness (QED) is 0.743. The van der Waals surface area contributed by atoms with Crippen molar-refractivity contribution in [3.63, 3.8) is 0 Å². The van der Waals surface area contributed by atoms with Gasteiger partial charge in [-0.1, -0.05) is 0 Å². The van der Waals surface area contributed by atoms with Crippen LogP contribution in [0.3, 0.4) is 0 Å². The van der Waals surface area contributed by atoms with Gasteiger partial charge in [0.2, 0.25) is 15.9 Å². The van der Waals surface area contributed by atoms with Crippen LogP contribution in [0.25, 0.3) is 0 Å². The van der Waals surface area contributed by atoms with Gasteiger partial charge in [0, 0.05) is 38.8 Å². The van der Waals surface area contributed by atoms with E-state index in [4.69, 9.17) is 0 Å². The van der Waals surface area contributed by atoms with E-state index in [0.29, 0.717) is 24.9 Å². The van der Waals surface area contributed by atoms with Crippen LogP contribution in [0.5, 0.6) is 0 Å². The zero-order chi connectivity index (χ0) is 17.5. The minimum absolute atomic E-state index is 0.00564. The highest BCUT2D eigenvalue weighted by Crippen LogP contribution is 2.39. The number of nitrogens with zero attached hydrogens (tertiary/aromatic N) is 2. The molecule has 7 nitrogen and oxygen atoms in total. The fourth-order valence-electron chi connectivity index (χ4n) is 4.88. The van der Waals surface area contributed by atoms with E-state index in [0.717, 1.165) is 32.2 Å². The average Bonchev–Trinajstić information content (AvgIpc) is 2.88. The Kier molecular flexibility index (Phi) is 5.20. The second-order valence-electron chi connectivity index (χ2n) is 7.60. The summed E-state index contributed by atoms with van der Waals surface area (Å²) in [5.41, 5.74) is 3.46. The number of sulfonamides is 1. The van der Waals surface area contributed by atoms with Gasteiger partial charge in [0.25, 0.3) is 0 Å². The molecule has 2 N–H and O–H groups in total. The van der Waals surface area contributed by atoms with Gasteiger partial charge in [-0.3, -0.25) is 10.2 Å². The van der Waals surface area contributed by atoms with E-state index in [1.807, 2.05) is 0 Å². The predicted molar refractivity (Wildman–Crippen MR) is 92.5 cm³/mol. The van der Waals surface area contributed by atoms with Crippen LogP contribution >= 0.6 is 0 Å². The van der Waals surface area contributed by atoms with Crippen molar-refractivity contribution in [2.24, 2.45) is 17.8 Å². The molecule has 3 rings (SSSR count). The molecule has 0 saturated carbocycles. The SMILES string of the molecule is CNC(=O)C1C(C)NN2CCC(C3CCN(S(C)(=O)=O)CC3)CC12. The molecule has 0 aromatic rings. The Morgan fingerprint density at radius 3 is 2.33 bits per heavy atom. The van der Waals surface area contributed by atoms with Gasteiger partial charge >= 0.3 is 0 Å². The Morgan fingerprint density at radius 1 is 1.12 bits per heavy atom. The monoisotopic (exact) mass is 358 g/mol. The summed E-state index contributed by atoms with van der Waals surface area (Å²) in [7, 11) is -1.36. The summed E-state index contributed by atoms with van der Waals surface area (Å²) in [5.74, 6) is 1.28. The Morgan fingerprint density at radius 2 is 1.75 bits per heavy atom. The van der Waals surface area contributed by atoms with Crippen LogP contribution < -0.4 is 10.7 Å². The molecule has 24 heavy (non-hydrogen) atoms. The molecule has 0 aliphatic carbocycles. The maximum absolute atomic E-state index is 12.3. The maximum Gasteiger partial charge on any atom is 0.226 e. The van der Waals surface area contributed by atoms with Crippen molar-refractivity contribution in [1.29, 1.82) is 0 Å². The molecule has 3 fully saturated rings. The first-order valence-electron chi connectivity index (χ1n) is 9.00. The minimum atomic E-state index is -3.06. The van der Waals surface area contributed by atoms with Gasteiger partial charge in [0.05, 0.1) is 12.2 Å². The zero-order valence-corrected chi connectivity index (χ0v) is 15.7. The van der Waals surface area contributed by atoms with Gasteiger partial charge in [0.15, 0.2) is 0 Å². The first-order chi connectivity index (χ1) is 11.3. The summed E-state index contributed by atoms with van der Waals surface area (Å²) >= 11 is 0. The summed E-state index contributed by atoms with van der Waals surface area (Å²) in [4.78, 5) is 12.3. The normalized spacial score (nSPS) is 36.5. The predicted octanol–water partition coefficient (Wildman–Crippen LogP) is 0.00750. The minimum Gasteiger partial charge on any atom is -0.359 e. The molecular weight excluding hydrogens is 328 g/mol. The van der Waals surface area contributed by atoms with Crippen molar-refractivity contribution in [2.75, 3.05) is 32.9 Å². The standard InChI is InChI=1S/C16H30N4O3S/c1-11-15(16(21)17-2)14-10-13(6-9-20(14)18-11)12-4-7-19(8-5-12)24(3,22)23/h11-15,18H,4-10H2,1-3H3,(H,17,21). The van der Waals surface area contributed by atoms with Crippen LogP contribution in [-0.2, 0) is 14.8 Å². The number of hydrazine groups is 1. The van der Waals surface area contributed by atoms with E-state index in [2.05, 4.69) is 22.7 Å². The summed E-state index contributed by atoms with van der Waals surface area (Å²) in [5, 5.41) is 5.06. The second-order valence-corrected chi connectivity index (χ2v) is 9.58. The lowest BCUT2D eigenvalue weighted by molar-refractivity contribution is -0.126. The van der Waals surface area contributed by atoms with Crippen LogP contribution in [0.4, 0.5) is 0 Å². The van der Waals surface area contributed by atoms with E-state index < -0.39 is 10.0 Å². The largest absolute Gasteiger partial charge is 0.359 e. The first kappa shape index (κ1) is 18.1. The summed E-state index contributed by atoms with van der Waals surface area (Å²) < 4.78 is 24.9. The summed E-state index contributed by atoms with van der Waals surface area (Å²) in [6.45, 7) is 4.33. The third-order valence-corrected chi connectivity index (χ3v) is 7.49. The van der Waals surface area contributed by atoms with Crippen molar-refractivity contribution in [3.05, 3.63) is 0 Å². The van der Waals surface area contributed by atoms with Crippen molar-refractivity contribution in [1.82, 2.24) is 20.1 Å². The lowest BCUT2D eigenvalue weighted by Crippen LogP contribution is -2.49. The highest BCUT2D eigenvalue weighted by molar-refractivity contribution is 7.88. The van der Waals surface area contributed by atoms with Gasteiger partial charge in [-0.15, -0.1) is 0 Å². The molecule has 138 valence electrons. The van der Waals surface area contributed by atoms with Gasteiger partial charge in [-0.25, -0.2) is 17.7 Å². The average molecular weight is 359 g/mol. The highest BCUT2D eigenvalue weighted by atomic mass is 32.2. The molecule has 0 bridgehead atoms. The van der Waals surface area contributed by atoms with Crippen molar-refractivity contribution in [3.8, 4) is 0 Å². The number of carbonyl (C=O) groups excluding carboxylic acids is 1. The Hall–Kier alpha value is -0.700. The molecule has 0 aromatic heterocycles. The number of nitrogens with one attached hydrogen (secondary N) is 2. The molecule has 0 radical (unpaired) electrons. The van der Waals surface area contributed by atoms with Gasteiger partial charge < -0.3 is 5.32 Å². The molecule has 3 aliphatic heterocycles. The van der Waals surface area contributed by atoms with E-state index in [9.17, 15) is 13.2 Å². The van der Waals surface area contributed by atoms with Crippen molar-refractivity contribution < 1.29 is 13.2 Å². The third-order valence-electron chi connectivity index (χ3n) is 6.19. The molecule has 3 saturated heterocycles. The number of rotatable bonds is 3. The molecule has 0 aromatic carbocycles. The molecule has 3 heterocycles. The molecule has 1 amide bonds. The Balaban J connectivity index is 1.63. The second kappa shape index (κ2) is 6.90. The summed E-state index contributed by atoms with van der Waals surface area (Å²) in [6.07, 6.45) is 5.33. The lowest BCUT2D eigenvalue weighted by Gasteiger charge is -2.41. The topological polar surface area (TPSA) is 81.8 Å². The van der Waals surface area contributed by atoms with E-state index in [1.165, 1.54) is 6.26 Å². The number of hydrogen-bond acceptors (Lipinski definition) is 5. The fraction of sp³-hybridized carbons (Fsp3) is 0.938. The van der Waals surface area contributed by atoms with Crippen LogP contribution in [0.2, 0.25) is 0 Å². The highest BCUT2D eigenvalue weighted by Gasteiger charge is 2.47. The van der Waals surface area contributed by atoms with Crippen LogP contribution in [0, 0.1) is 17.8 Å². The summed E-state index contributed by atoms with van der Waals surface area (Å²) in [6, 6.07) is 0.424. The number of fused-ring (bicyclic) bond motifs is 1. The van der Waals surface area contributed by atoms with Gasteiger partial charge in [0.1, 0.15) is 0 Å².